The summed E-state index contributed by atoms with van der Waals surface area (Å²) < 4.78 is 27.6. The number of nitrogens with zero attached hydrogens (tertiary/aromatic N) is 3. The fourth-order valence-electron chi connectivity index (χ4n) is 3.37. The Kier molecular flexibility index (Phi) is 6.46. The number of benzene rings is 3. The predicted octanol–water partition coefficient (Wildman–Crippen LogP) is 5.45. The molecule has 1 aromatic heterocycles. The number of aromatic nitrogens is 2. The van der Waals surface area contributed by atoms with E-state index in [9.17, 15) is 13.6 Å². The Balaban J connectivity index is 1.50. The molecule has 0 spiro atoms. The fourth-order valence-corrected chi connectivity index (χ4v) is 4.13. The first kappa shape index (κ1) is 22.5. The van der Waals surface area contributed by atoms with Crippen molar-refractivity contribution >= 4 is 22.4 Å². The van der Waals surface area contributed by atoms with E-state index in [1.54, 1.807) is 0 Å². The molecule has 0 fully saturated rings. The van der Waals surface area contributed by atoms with Crippen LogP contribution in [-0.2, 0) is 6.54 Å². The molecule has 4 rings (SSSR count). The van der Waals surface area contributed by atoms with Crippen LogP contribution in [0.4, 0.5) is 13.9 Å². The Morgan fingerprint density at radius 3 is 2.27 bits per heavy atom. The topological polar surface area (TPSA) is 58.1 Å². The van der Waals surface area contributed by atoms with Gasteiger partial charge in [-0.25, -0.2) is 8.78 Å². The molecule has 1 heterocycles. The molecule has 1 N–H and O–H groups in total. The zero-order valence-corrected chi connectivity index (χ0v) is 19.2. The van der Waals surface area contributed by atoms with Crippen molar-refractivity contribution in [2.45, 2.75) is 13.5 Å². The van der Waals surface area contributed by atoms with Gasteiger partial charge in [-0.05, 0) is 47.4 Å². The van der Waals surface area contributed by atoms with Crippen LogP contribution < -0.4 is 10.2 Å². The van der Waals surface area contributed by atoms with Crippen LogP contribution in [0.5, 0.6) is 0 Å². The maximum atomic E-state index is 13.8. The maximum absolute atomic E-state index is 13.8. The summed E-state index contributed by atoms with van der Waals surface area (Å²) in [6.07, 6.45) is 0. The van der Waals surface area contributed by atoms with Crippen LogP contribution in [0, 0.1) is 18.6 Å². The van der Waals surface area contributed by atoms with Crippen molar-refractivity contribution in [3.05, 3.63) is 89.0 Å². The summed E-state index contributed by atoms with van der Waals surface area (Å²) in [5.74, 6) is -2.55. The number of hydrogen-bond acceptors (Lipinski definition) is 5. The Morgan fingerprint density at radius 2 is 1.64 bits per heavy atom. The third-order valence-electron chi connectivity index (χ3n) is 5.19. The Labute approximate surface area is 194 Å². The number of carbonyl (C=O) groups excluding carboxylic acids is 1. The molecule has 3 aromatic carbocycles. The van der Waals surface area contributed by atoms with E-state index in [-0.39, 0.29) is 6.54 Å². The van der Waals surface area contributed by atoms with Gasteiger partial charge in [-0.3, -0.25) is 4.79 Å². The quantitative estimate of drug-likeness (QED) is 0.412. The lowest BCUT2D eigenvalue weighted by Gasteiger charge is -2.10. The van der Waals surface area contributed by atoms with Crippen molar-refractivity contribution in [2.24, 2.45) is 0 Å². The van der Waals surface area contributed by atoms with Gasteiger partial charge in [0.25, 0.3) is 5.91 Å². The molecular formula is C25H22F2N4OS. The van der Waals surface area contributed by atoms with Crippen molar-refractivity contribution in [1.29, 1.82) is 0 Å². The molecule has 0 saturated heterocycles. The second-order valence-corrected chi connectivity index (χ2v) is 8.75. The van der Waals surface area contributed by atoms with Gasteiger partial charge in [0.1, 0.15) is 22.2 Å². The molecule has 168 valence electrons. The summed E-state index contributed by atoms with van der Waals surface area (Å²) in [5, 5.41) is 12.8. The van der Waals surface area contributed by atoms with Crippen LogP contribution >= 0.6 is 11.3 Å². The molecule has 33 heavy (non-hydrogen) atoms. The molecule has 0 radical (unpaired) electrons. The van der Waals surface area contributed by atoms with Gasteiger partial charge in [0.15, 0.2) is 0 Å². The maximum Gasteiger partial charge on any atom is 0.257 e. The van der Waals surface area contributed by atoms with Crippen LogP contribution in [0.15, 0.2) is 60.7 Å². The first-order valence-electron chi connectivity index (χ1n) is 10.3. The van der Waals surface area contributed by atoms with Crippen molar-refractivity contribution in [3.8, 4) is 21.7 Å². The first-order chi connectivity index (χ1) is 15.8. The lowest BCUT2D eigenvalue weighted by atomic mass is 9.97. The Morgan fingerprint density at radius 1 is 0.970 bits per heavy atom. The van der Waals surface area contributed by atoms with E-state index in [1.807, 2.05) is 56.3 Å². The minimum absolute atomic E-state index is 0.157. The van der Waals surface area contributed by atoms with Crippen LogP contribution in [0.1, 0.15) is 21.5 Å². The van der Waals surface area contributed by atoms with E-state index >= 15 is 0 Å². The van der Waals surface area contributed by atoms with Gasteiger partial charge in [-0.2, -0.15) is 0 Å². The number of anilines is 1. The zero-order valence-electron chi connectivity index (χ0n) is 18.4. The summed E-state index contributed by atoms with van der Waals surface area (Å²) in [6, 6.07) is 17.2. The van der Waals surface area contributed by atoms with Crippen LogP contribution in [0.3, 0.4) is 0 Å². The molecular weight excluding hydrogens is 442 g/mol. The highest BCUT2D eigenvalue weighted by Crippen LogP contribution is 2.32. The number of aryl methyl sites for hydroxylation is 1. The first-order valence-corrected chi connectivity index (χ1v) is 11.1. The number of amides is 1. The Bertz CT molecular complexity index is 1280. The van der Waals surface area contributed by atoms with Gasteiger partial charge in [-0.1, -0.05) is 53.8 Å². The third-order valence-corrected chi connectivity index (χ3v) is 6.33. The van der Waals surface area contributed by atoms with Gasteiger partial charge in [0, 0.05) is 26.2 Å². The highest BCUT2D eigenvalue weighted by Gasteiger charge is 2.16. The summed E-state index contributed by atoms with van der Waals surface area (Å²) in [7, 11) is 3.86. The normalized spacial score (nSPS) is 10.8. The highest BCUT2D eigenvalue weighted by atomic mass is 32.1. The van der Waals surface area contributed by atoms with Gasteiger partial charge >= 0.3 is 0 Å². The predicted molar refractivity (Wildman–Crippen MR) is 127 cm³/mol. The molecule has 0 bridgehead atoms. The van der Waals surface area contributed by atoms with Crippen molar-refractivity contribution in [1.82, 2.24) is 15.5 Å². The van der Waals surface area contributed by atoms with Crippen LogP contribution in [-0.4, -0.2) is 30.2 Å². The average molecular weight is 465 g/mol. The van der Waals surface area contributed by atoms with Crippen molar-refractivity contribution in [2.75, 3.05) is 19.0 Å². The van der Waals surface area contributed by atoms with Gasteiger partial charge in [-0.15, -0.1) is 10.2 Å². The van der Waals surface area contributed by atoms with Crippen LogP contribution in [0.25, 0.3) is 21.7 Å². The highest BCUT2D eigenvalue weighted by molar-refractivity contribution is 7.18. The molecule has 0 aliphatic rings. The second-order valence-electron chi connectivity index (χ2n) is 7.79. The fraction of sp³-hybridized carbons (Fsp3) is 0.160. The number of carbonyl (C=O) groups is 1. The van der Waals surface area contributed by atoms with E-state index in [4.69, 9.17) is 0 Å². The summed E-state index contributed by atoms with van der Waals surface area (Å²) >= 11 is 1.53. The summed E-state index contributed by atoms with van der Waals surface area (Å²) in [6.45, 7) is 2.20. The molecule has 0 atom stereocenters. The lowest BCUT2D eigenvalue weighted by molar-refractivity contribution is 0.0942. The van der Waals surface area contributed by atoms with Crippen molar-refractivity contribution in [3.63, 3.8) is 0 Å². The standard InChI is InChI=1S/C25H22F2N4OS/c1-15-7-10-18(24-29-30-25(33-24)31(2)3)13-19(15)17-11-8-16(9-12-17)14-28-23(32)22-20(26)5-4-6-21(22)27/h4-13H,14H2,1-3H3,(H,28,32). The number of nitrogens with one attached hydrogen (secondary N) is 1. The SMILES string of the molecule is Cc1ccc(-c2nnc(N(C)C)s2)cc1-c1ccc(CNC(=O)c2c(F)cccc2F)cc1. The minimum Gasteiger partial charge on any atom is -0.353 e. The van der Waals surface area contributed by atoms with E-state index < -0.39 is 23.1 Å². The smallest absolute Gasteiger partial charge is 0.257 e. The lowest BCUT2D eigenvalue weighted by Crippen LogP contribution is -2.25. The minimum atomic E-state index is -0.883. The van der Waals surface area contributed by atoms with Crippen molar-refractivity contribution < 1.29 is 13.6 Å². The molecule has 5 nitrogen and oxygen atoms in total. The van der Waals surface area contributed by atoms with Gasteiger partial charge in [0.05, 0.1) is 0 Å². The molecule has 0 aliphatic heterocycles. The zero-order chi connectivity index (χ0) is 23.5. The molecule has 0 unspecified atom stereocenters. The molecule has 1 amide bonds. The second kappa shape index (κ2) is 9.46. The van der Waals surface area contributed by atoms with Crippen LogP contribution in [0.2, 0.25) is 0 Å². The summed E-state index contributed by atoms with van der Waals surface area (Å²) in [4.78, 5) is 14.1. The summed E-state index contributed by atoms with van der Waals surface area (Å²) in [5.41, 5.74) is 4.43. The van der Waals surface area contributed by atoms with Gasteiger partial charge < -0.3 is 10.2 Å². The van der Waals surface area contributed by atoms with E-state index in [2.05, 4.69) is 27.6 Å². The number of rotatable bonds is 6. The monoisotopic (exact) mass is 464 g/mol. The average Bonchev–Trinajstić information content (AvgIpc) is 3.29. The van der Waals surface area contributed by atoms with Gasteiger partial charge in [0.2, 0.25) is 5.13 Å². The van der Waals surface area contributed by atoms with E-state index in [0.717, 1.165) is 50.1 Å². The molecule has 8 heteroatoms. The number of halogens is 2. The number of hydrogen-bond donors (Lipinski definition) is 1. The molecule has 0 saturated carbocycles. The molecule has 0 aliphatic carbocycles. The van der Waals surface area contributed by atoms with E-state index in [0.29, 0.717) is 0 Å². The third kappa shape index (κ3) is 4.90. The van der Waals surface area contributed by atoms with E-state index in [1.165, 1.54) is 17.4 Å². The molecule has 4 aromatic rings. The largest absolute Gasteiger partial charge is 0.353 e. The Hall–Kier alpha value is -3.65.